The first-order valence-corrected chi connectivity index (χ1v) is 3.31. The first kappa shape index (κ1) is 6.03. The van der Waals surface area contributed by atoms with E-state index in [-0.39, 0.29) is 0 Å². The highest BCUT2D eigenvalue weighted by Gasteiger charge is 1.95. The van der Waals surface area contributed by atoms with Crippen LogP contribution in [-0.2, 0) is 0 Å². The summed E-state index contributed by atoms with van der Waals surface area (Å²) in [4.78, 5) is 2.96. The second-order valence-corrected chi connectivity index (χ2v) is 2.25. The fraction of sp³-hybridized carbons (Fsp3) is 0. The van der Waals surface area contributed by atoms with Crippen molar-refractivity contribution in [2.45, 2.75) is 0 Å². The van der Waals surface area contributed by atoms with Crippen molar-refractivity contribution in [2.24, 2.45) is 0 Å². The van der Waals surface area contributed by atoms with Gasteiger partial charge in [-0.1, -0.05) is 0 Å². The molecule has 2 aromatic rings. The number of nitrogens with two attached hydrogens (primary N) is 1. The molecule has 2 heterocycles. The molecule has 0 radical (unpaired) electrons. The van der Waals surface area contributed by atoms with Gasteiger partial charge in [0.2, 0.25) is 0 Å². The van der Waals surface area contributed by atoms with Crippen molar-refractivity contribution in [3.8, 4) is 5.82 Å². The van der Waals surface area contributed by atoms with Crippen molar-refractivity contribution in [3.63, 3.8) is 0 Å². The molecule has 4 heteroatoms. The number of rotatable bonds is 1. The molecule has 56 valence electrons. The lowest BCUT2D eigenvalue weighted by molar-refractivity contribution is 0.856. The minimum atomic E-state index is 0.649. The fourth-order valence-corrected chi connectivity index (χ4v) is 0.945. The molecule has 4 nitrogen and oxygen atoms in total. The van der Waals surface area contributed by atoms with Crippen LogP contribution in [-0.4, -0.2) is 14.8 Å². The van der Waals surface area contributed by atoms with Crippen LogP contribution in [0.25, 0.3) is 5.82 Å². The van der Waals surface area contributed by atoms with Gasteiger partial charge in [-0.3, -0.25) is 0 Å². The van der Waals surface area contributed by atoms with Crippen molar-refractivity contribution in [2.75, 3.05) is 5.73 Å². The van der Waals surface area contributed by atoms with Crippen LogP contribution < -0.4 is 5.73 Å². The van der Waals surface area contributed by atoms with E-state index in [1.54, 1.807) is 16.9 Å². The van der Waals surface area contributed by atoms with E-state index in [1.165, 1.54) is 0 Å². The maximum absolute atomic E-state index is 5.49. The van der Waals surface area contributed by atoms with E-state index in [9.17, 15) is 0 Å². The topological polar surface area (TPSA) is 59.6 Å². The molecule has 0 unspecified atom stereocenters. The number of aromatic amines is 1. The zero-order valence-corrected chi connectivity index (χ0v) is 5.86. The Morgan fingerprint density at radius 3 is 2.91 bits per heavy atom. The molecule has 0 aliphatic rings. The van der Waals surface area contributed by atoms with Crippen LogP contribution >= 0.6 is 0 Å². The van der Waals surface area contributed by atoms with Gasteiger partial charge in [0.15, 0.2) is 0 Å². The zero-order valence-electron chi connectivity index (χ0n) is 5.86. The fourth-order valence-electron chi connectivity index (χ4n) is 0.945. The lowest BCUT2D eigenvalue weighted by Gasteiger charge is -1.93. The lowest BCUT2D eigenvalue weighted by Crippen LogP contribution is -1.94. The van der Waals surface area contributed by atoms with Crippen LogP contribution in [0.15, 0.2) is 30.6 Å². The third-order valence-electron chi connectivity index (χ3n) is 1.44. The van der Waals surface area contributed by atoms with Crippen molar-refractivity contribution in [1.29, 1.82) is 0 Å². The van der Waals surface area contributed by atoms with Gasteiger partial charge in [-0.15, -0.1) is 0 Å². The highest BCUT2D eigenvalue weighted by Crippen LogP contribution is 2.06. The molecule has 0 aliphatic heterocycles. The summed E-state index contributed by atoms with van der Waals surface area (Å²) in [5, 5.41) is 4.03. The van der Waals surface area contributed by atoms with Gasteiger partial charge in [0.25, 0.3) is 0 Å². The Labute approximate surface area is 63.6 Å². The zero-order chi connectivity index (χ0) is 7.68. The van der Waals surface area contributed by atoms with Gasteiger partial charge in [0.05, 0.1) is 0 Å². The molecule has 0 aromatic carbocycles. The maximum atomic E-state index is 5.49. The van der Waals surface area contributed by atoms with Crippen molar-refractivity contribution >= 4 is 5.82 Å². The molecule has 0 fully saturated rings. The molecule has 0 amide bonds. The van der Waals surface area contributed by atoms with Gasteiger partial charge in [-0.2, -0.15) is 5.10 Å². The minimum Gasteiger partial charge on any atom is -0.385 e. The molecule has 0 aliphatic carbocycles. The number of anilines is 1. The quantitative estimate of drug-likeness (QED) is 0.627. The lowest BCUT2D eigenvalue weighted by atomic mass is 10.6. The Hall–Kier alpha value is -1.71. The number of H-pyrrole nitrogens is 1. The Morgan fingerprint density at radius 1 is 1.45 bits per heavy atom. The van der Waals surface area contributed by atoms with Gasteiger partial charge in [0.1, 0.15) is 11.6 Å². The molecule has 0 atom stereocenters. The van der Waals surface area contributed by atoms with E-state index in [1.807, 2.05) is 18.3 Å². The van der Waals surface area contributed by atoms with E-state index >= 15 is 0 Å². The summed E-state index contributed by atoms with van der Waals surface area (Å²) in [6, 6.07) is 5.54. The molecule has 2 rings (SSSR count). The van der Waals surface area contributed by atoms with Crippen LogP contribution in [0.3, 0.4) is 0 Å². The van der Waals surface area contributed by atoms with E-state index in [0.29, 0.717) is 5.82 Å². The number of hydrogen-bond acceptors (Lipinski definition) is 2. The average Bonchev–Trinajstić information content (AvgIpc) is 2.55. The smallest absolute Gasteiger partial charge is 0.133 e. The van der Waals surface area contributed by atoms with Crippen molar-refractivity contribution in [1.82, 2.24) is 14.8 Å². The third kappa shape index (κ3) is 0.980. The summed E-state index contributed by atoms with van der Waals surface area (Å²) in [5.41, 5.74) is 5.49. The first-order chi connectivity index (χ1) is 5.36. The van der Waals surface area contributed by atoms with Crippen molar-refractivity contribution < 1.29 is 0 Å². The van der Waals surface area contributed by atoms with E-state index in [0.717, 1.165) is 5.82 Å². The Bertz CT molecular complexity index is 333. The summed E-state index contributed by atoms with van der Waals surface area (Å²) >= 11 is 0. The summed E-state index contributed by atoms with van der Waals surface area (Å²) in [6.45, 7) is 0. The number of nitrogens with zero attached hydrogens (tertiary/aromatic N) is 2. The maximum Gasteiger partial charge on any atom is 0.133 e. The summed E-state index contributed by atoms with van der Waals surface area (Å²) in [5.74, 6) is 1.53. The third-order valence-corrected chi connectivity index (χ3v) is 1.44. The molecular weight excluding hydrogens is 140 g/mol. The largest absolute Gasteiger partial charge is 0.385 e. The number of aromatic nitrogens is 3. The highest BCUT2D eigenvalue weighted by molar-refractivity contribution is 5.37. The van der Waals surface area contributed by atoms with Gasteiger partial charge in [-0.05, 0) is 18.2 Å². The SMILES string of the molecule is Nc1ccc(-n2cccn2)[nH]1. The van der Waals surface area contributed by atoms with Crippen LogP contribution in [0.1, 0.15) is 0 Å². The van der Waals surface area contributed by atoms with Gasteiger partial charge in [0, 0.05) is 12.4 Å². The molecule has 3 N–H and O–H groups in total. The second-order valence-electron chi connectivity index (χ2n) is 2.25. The van der Waals surface area contributed by atoms with E-state index in [4.69, 9.17) is 5.73 Å². The molecule has 0 spiro atoms. The first-order valence-electron chi connectivity index (χ1n) is 3.31. The Morgan fingerprint density at radius 2 is 2.36 bits per heavy atom. The molecule has 2 aromatic heterocycles. The normalized spacial score (nSPS) is 10.2. The van der Waals surface area contributed by atoms with Crippen LogP contribution in [0, 0.1) is 0 Å². The summed E-state index contributed by atoms with van der Waals surface area (Å²) in [6.07, 6.45) is 3.57. The van der Waals surface area contributed by atoms with Gasteiger partial charge < -0.3 is 10.7 Å². The summed E-state index contributed by atoms with van der Waals surface area (Å²) in [7, 11) is 0. The molecule has 0 saturated carbocycles. The van der Waals surface area contributed by atoms with E-state index in [2.05, 4.69) is 10.1 Å². The summed E-state index contributed by atoms with van der Waals surface area (Å²) < 4.78 is 1.72. The second kappa shape index (κ2) is 2.16. The van der Waals surface area contributed by atoms with Crippen molar-refractivity contribution in [3.05, 3.63) is 30.6 Å². The average molecular weight is 148 g/mol. The van der Waals surface area contributed by atoms with E-state index < -0.39 is 0 Å². The van der Waals surface area contributed by atoms with Crippen LogP contribution in [0.5, 0.6) is 0 Å². The van der Waals surface area contributed by atoms with Crippen LogP contribution in [0.2, 0.25) is 0 Å². The Kier molecular flexibility index (Phi) is 1.18. The predicted octanol–water partition coefficient (Wildman–Crippen LogP) is 0.783. The molecule has 11 heavy (non-hydrogen) atoms. The number of nitrogens with one attached hydrogen (secondary N) is 1. The number of hydrogen-bond donors (Lipinski definition) is 2. The number of nitrogen functional groups attached to an aromatic ring is 1. The van der Waals surface area contributed by atoms with Gasteiger partial charge >= 0.3 is 0 Å². The Balaban J connectivity index is 2.45. The van der Waals surface area contributed by atoms with Gasteiger partial charge in [-0.25, -0.2) is 4.68 Å². The standard InChI is InChI=1S/C7H8N4/c8-6-2-3-7(10-6)11-5-1-4-9-11/h1-5,10H,8H2. The van der Waals surface area contributed by atoms with Crippen LogP contribution in [0.4, 0.5) is 5.82 Å². The molecule has 0 bridgehead atoms. The molecule has 0 saturated heterocycles. The predicted molar refractivity (Wildman–Crippen MR) is 42.3 cm³/mol. The minimum absolute atomic E-state index is 0.649. The molecular formula is C7H8N4. The highest BCUT2D eigenvalue weighted by atomic mass is 15.3. The monoisotopic (exact) mass is 148 g/mol.